The summed E-state index contributed by atoms with van der Waals surface area (Å²) in [7, 11) is 0. The van der Waals surface area contributed by atoms with Gasteiger partial charge in [0.25, 0.3) is 0 Å². The van der Waals surface area contributed by atoms with E-state index < -0.39 is 198 Å². The largest absolute Gasteiger partial charge is 0.394 e. The number of para-hydroxylation sites is 2. The third kappa shape index (κ3) is 25.0. The highest BCUT2D eigenvalue weighted by molar-refractivity contribution is 8.00. The van der Waals surface area contributed by atoms with Gasteiger partial charge < -0.3 is 106 Å². The van der Waals surface area contributed by atoms with Crippen molar-refractivity contribution in [2.75, 3.05) is 31.2 Å². The number of imidazole rings is 1. The SMILES string of the molecule is CC[C@H](C)[C@@H]1NC(=O)[C@H](Cc2ccc3ccccc3c2)NC(=O)CSC[C@@H](C(N)=O)NC(=O)[C@H](C(C)C)NC(=O)[C@@H](Cc2c[nH]c3ccccc23)NC(=O)[C@H](Cc2c[nH]cn2)NC(=O)[C@H](C(C)C)NC(=O)[C@H](Cc2c[nH]c3ccccc23)NC(=O)[C@H](CC(N)=O)NC(=O)[C@H](CCCNC(=N)N)NC(=O)CNC(=O)[C@H](CO)NC1=O. The number of thioether (sulfide) groups is 1. The highest BCUT2D eigenvalue weighted by atomic mass is 32.2. The summed E-state index contributed by atoms with van der Waals surface area (Å²) in [6.45, 7) is 7.80. The highest BCUT2D eigenvalue weighted by Crippen LogP contribution is 2.24. The fourth-order valence-corrected chi connectivity index (χ4v) is 13.7. The number of amides is 14. The van der Waals surface area contributed by atoms with Gasteiger partial charge in [0.1, 0.15) is 66.5 Å². The Bertz CT molecular complexity index is 4620. The predicted octanol–water partition coefficient (Wildman–Crippen LogP) is -2.03. The zero-order valence-electron chi connectivity index (χ0n) is 64.0. The standard InChI is InChI=1S/C77H101N21O15S/c1-7-41(6)65-76(113)94-58(35-99)67(104)86-34-61(101)88-52(21-14-24-83-77(80)81)68(105)92-57(30-60(78)100)70(107)91-55(28-46-32-85-51-20-13-11-18-49(46)51)73(110)96-63(39(2)3)74(111)93-56(29-47-33-82-38-87-47)69(106)90-54(27-45-31-84-50-19-12-10-17-48(45)50)72(109)97-64(40(4)5)75(112)95-59(66(79)103)36-114-37-62(102)89-53(71(108)98-65)26-42-22-23-43-15-8-9-16-44(43)25-42/h8-13,15-20,22-23,25,31-33,38-41,52-59,63-65,84-85,99H,7,14,21,24,26-30,34-37H2,1-6H3,(H2,78,100)(H2,79,103)(H,82,87)(H,86,104)(H,88,101)(H,89,102)(H,90,106)(H,91,107)(H,92,105)(H,93,111)(H,94,113)(H,95,112)(H,96,110)(H,97,109)(H,98,108)(H4,80,81,83)/t41-,52-,53-,54+,55-,56-,57-,58-,59-,63-,64-,65-/m0/s1. The number of hydrogen-bond acceptors (Lipinski definition) is 18. The zero-order valence-corrected chi connectivity index (χ0v) is 64.8. The summed E-state index contributed by atoms with van der Waals surface area (Å²) < 4.78 is 0. The number of primary amides is 2. The molecule has 37 heteroatoms. The number of aromatic amines is 3. The van der Waals surface area contributed by atoms with Gasteiger partial charge in [-0.15, -0.1) is 11.8 Å². The van der Waals surface area contributed by atoms with E-state index in [9.17, 15) is 53.1 Å². The summed E-state index contributed by atoms with van der Waals surface area (Å²) in [5.41, 5.74) is 20.3. The molecule has 0 aliphatic carbocycles. The molecule has 610 valence electrons. The summed E-state index contributed by atoms with van der Waals surface area (Å²) in [4.78, 5) is 215. The number of nitrogens with two attached hydrogens (primary N) is 3. The first-order valence-corrected chi connectivity index (χ1v) is 38.5. The van der Waals surface area contributed by atoms with Crippen LogP contribution in [0.2, 0.25) is 0 Å². The Hall–Kier alpha value is -12.4. The molecule has 4 heterocycles. The van der Waals surface area contributed by atoms with Gasteiger partial charge in [-0.2, -0.15) is 0 Å². The van der Waals surface area contributed by atoms with Crippen LogP contribution in [-0.4, -0.2) is 211 Å². The highest BCUT2D eigenvalue weighted by Gasteiger charge is 2.39. The van der Waals surface area contributed by atoms with E-state index in [4.69, 9.17) is 22.6 Å². The molecule has 7 aromatic rings. The lowest BCUT2D eigenvalue weighted by Gasteiger charge is -2.29. The second-order valence-electron chi connectivity index (χ2n) is 28.7. The normalized spacial score (nSPS) is 23.0. The smallest absolute Gasteiger partial charge is 0.245 e. The first-order valence-electron chi connectivity index (χ1n) is 37.4. The summed E-state index contributed by atoms with van der Waals surface area (Å²) in [5, 5.41) is 55.1. The minimum atomic E-state index is -1.88. The molecule has 12 atom stereocenters. The fourth-order valence-electron chi connectivity index (χ4n) is 12.9. The van der Waals surface area contributed by atoms with Gasteiger partial charge in [0, 0.05) is 78.4 Å². The third-order valence-corrected chi connectivity index (χ3v) is 20.4. The minimum absolute atomic E-state index is 0.0173. The molecule has 1 aliphatic heterocycles. The van der Waals surface area contributed by atoms with Gasteiger partial charge in [-0.25, -0.2) is 4.98 Å². The van der Waals surface area contributed by atoms with E-state index in [-0.39, 0.29) is 62.9 Å². The van der Waals surface area contributed by atoms with Crippen molar-refractivity contribution < 1.29 is 72.2 Å². The Morgan fingerprint density at radius 2 is 1.03 bits per heavy atom. The lowest BCUT2D eigenvalue weighted by atomic mass is 9.96. The van der Waals surface area contributed by atoms with Crippen molar-refractivity contribution in [3.8, 4) is 0 Å². The van der Waals surface area contributed by atoms with Gasteiger partial charge in [-0.3, -0.25) is 72.5 Å². The molecule has 0 saturated carbocycles. The molecule has 14 amide bonds. The average Bonchev–Trinajstić information content (AvgIpc) is 1.70. The number of hydrogen-bond donors (Lipinski definition) is 21. The van der Waals surface area contributed by atoms with Crippen LogP contribution in [0, 0.1) is 23.2 Å². The molecule has 4 aromatic carbocycles. The van der Waals surface area contributed by atoms with E-state index in [1.54, 1.807) is 109 Å². The van der Waals surface area contributed by atoms with Gasteiger partial charge in [-0.1, -0.05) is 127 Å². The molecule has 0 unspecified atom stereocenters. The molecule has 0 radical (unpaired) electrons. The number of guanidine groups is 1. The van der Waals surface area contributed by atoms with Crippen LogP contribution >= 0.6 is 11.8 Å². The number of rotatable bonds is 20. The van der Waals surface area contributed by atoms with Gasteiger partial charge >= 0.3 is 0 Å². The molecule has 1 fully saturated rings. The van der Waals surface area contributed by atoms with E-state index in [2.05, 4.69) is 89.1 Å². The van der Waals surface area contributed by atoms with Crippen molar-refractivity contribution in [1.29, 1.82) is 5.41 Å². The first kappa shape index (κ1) is 87.2. The van der Waals surface area contributed by atoms with Gasteiger partial charge in [0.05, 0.1) is 37.3 Å². The molecule has 1 aliphatic rings. The Kier molecular flexibility index (Phi) is 31.9. The molecular weight excluding hydrogens is 1490 g/mol. The number of nitrogens with one attached hydrogen (secondary N) is 17. The Balaban J connectivity index is 1.15. The third-order valence-electron chi connectivity index (χ3n) is 19.3. The van der Waals surface area contributed by atoms with Crippen molar-refractivity contribution in [3.05, 3.63) is 138 Å². The van der Waals surface area contributed by atoms with Crippen molar-refractivity contribution >= 4 is 133 Å². The maximum Gasteiger partial charge on any atom is 0.245 e. The average molecular weight is 1590 g/mol. The molecule has 8 rings (SSSR count). The molecule has 24 N–H and O–H groups in total. The summed E-state index contributed by atoms with van der Waals surface area (Å²) >= 11 is 0.860. The molecule has 36 nitrogen and oxygen atoms in total. The Labute approximate surface area is 660 Å². The molecule has 114 heavy (non-hydrogen) atoms. The number of nitrogens with zero attached hydrogens (tertiary/aromatic N) is 1. The van der Waals surface area contributed by atoms with E-state index in [0.29, 0.717) is 38.5 Å². The number of fused-ring (bicyclic) bond motifs is 3. The fraction of sp³-hybridized carbons (Fsp3) is 0.429. The van der Waals surface area contributed by atoms with Crippen molar-refractivity contribution in [1.82, 2.24) is 89.1 Å². The second-order valence-corrected chi connectivity index (χ2v) is 29.7. The van der Waals surface area contributed by atoms with Crippen LogP contribution < -0.4 is 86.3 Å². The van der Waals surface area contributed by atoms with Crippen LogP contribution in [0.1, 0.15) is 89.6 Å². The number of carbonyl (C=O) groups excluding carboxylic acids is 14. The molecule has 3 aromatic heterocycles. The van der Waals surface area contributed by atoms with E-state index in [1.165, 1.54) is 12.5 Å². The Morgan fingerprint density at radius 3 is 1.58 bits per heavy atom. The first-order chi connectivity index (χ1) is 54.4. The van der Waals surface area contributed by atoms with Gasteiger partial charge in [0.15, 0.2) is 5.96 Å². The lowest BCUT2D eigenvalue weighted by Crippen LogP contribution is -2.62. The Morgan fingerprint density at radius 1 is 0.535 bits per heavy atom. The number of aliphatic hydroxyl groups is 1. The summed E-state index contributed by atoms with van der Waals surface area (Å²) in [6.07, 6.45) is 4.25. The van der Waals surface area contributed by atoms with Crippen molar-refractivity contribution in [3.63, 3.8) is 0 Å². The van der Waals surface area contributed by atoms with Gasteiger partial charge in [-0.05, 0) is 70.2 Å². The topological polar surface area (TPSA) is 578 Å². The lowest BCUT2D eigenvalue weighted by molar-refractivity contribution is -0.137. The van der Waals surface area contributed by atoms with E-state index in [0.717, 1.165) is 22.5 Å². The van der Waals surface area contributed by atoms with Crippen LogP contribution in [0.15, 0.2) is 116 Å². The number of aliphatic hydroxyl groups excluding tert-OH is 1. The molecular formula is C77H101N21O15S. The van der Waals surface area contributed by atoms with Crippen LogP contribution in [0.3, 0.4) is 0 Å². The monoisotopic (exact) mass is 1590 g/mol. The van der Waals surface area contributed by atoms with Crippen LogP contribution in [0.5, 0.6) is 0 Å². The molecule has 0 bridgehead atoms. The number of benzene rings is 4. The molecule has 0 spiro atoms. The van der Waals surface area contributed by atoms with Gasteiger partial charge in [0.2, 0.25) is 82.7 Å². The van der Waals surface area contributed by atoms with E-state index in [1.807, 2.05) is 36.4 Å². The van der Waals surface area contributed by atoms with Crippen LogP contribution in [0.25, 0.3) is 32.6 Å². The van der Waals surface area contributed by atoms with Crippen LogP contribution in [-0.2, 0) is 92.8 Å². The van der Waals surface area contributed by atoms with Crippen LogP contribution in [0.4, 0.5) is 0 Å². The molecule has 1 saturated heterocycles. The quantitative estimate of drug-likeness (QED) is 0.0222. The van der Waals surface area contributed by atoms with E-state index >= 15 is 19.2 Å². The minimum Gasteiger partial charge on any atom is -0.394 e. The zero-order chi connectivity index (χ0) is 82.9. The predicted molar refractivity (Wildman–Crippen MR) is 424 cm³/mol. The maximum atomic E-state index is 15.2. The van der Waals surface area contributed by atoms with Crippen molar-refractivity contribution in [2.45, 2.75) is 159 Å². The van der Waals surface area contributed by atoms with Crippen molar-refractivity contribution in [2.24, 2.45) is 35.0 Å². The number of H-pyrrole nitrogens is 3. The number of aromatic nitrogens is 4. The second kappa shape index (κ2) is 41.7. The summed E-state index contributed by atoms with van der Waals surface area (Å²) in [5.74, 6) is -17.0. The number of carbonyl (C=O) groups is 14. The summed E-state index contributed by atoms with van der Waals surface area (Å²) in [6, 6.07) is 9.75. The maximum absolute atomic E-state index is 15.2.